The van der Waals surface area contributed by atoms with Crippen LogP contribution in [0.1, 0.15) is 43.2 Å². The molecule has 2 N–H and O–H groups in total. The summed E-state index contributed by atoms with van der Waals surface area (Å²) in [4.78, 5) is 4.44. The Morgan fingerprint density at radius 1 is 1.20 bits per heavy atom. The number of benzene rings is 1. The molecule has 0 bridgehead atoms. The van der Waals surface area contributed by atoms with E-state index < -0.39 is 0 Å². The Morgan fingerprint density at radius 2 is 1.90 bits per heavy atom. The summed E-state index contributed by atoms with van der Waals surface area (Å²) in [6, 6.07) is 3.19. The highest BCUT2D eigenvalue weighted by Crippen LogP contribution is 2.38. The molecule has 0 radical (unpaired) electrons. The molecule has 3 rings (SSSR count). The molecule has 1 aromatic carbocycles. The largest absolute Gasteiger partial charge is 0.507 e. The van der Waals surface area contributed by atoms with Crippen molar-refractivity contribution in [2.75, 3.05) is 0 Å². The summed E-state index contributed by atoms with van der Waals surface area (Å²) in [6.45, 7) is 3.84. The van der Waals surface area contributed by atoms with Gasteiger partial charge < -0.3 is 14.6 Å². The second kappa shape index (κ2) is 4.71. The first-order chi connectivity index (χ1) is 9.56. The summed E-state index contributed by atoms with van der Waals surface area (Å²) < 4.78 is 5.68. The highest BCUT2D eigenvalue weighted by Gasteiger charge is 2.18. The van der Waals surface area contributed by atoms with E-state index in [1.807, 2.05) is 26.0 Å². The van der Waals surface area contributed by atoms with Gasteiger partial charge in [0, 0.05) is 11.1 Å². The van der Waals surface area contributed by atoms with Gasteiger partial charge in [-0.15, -0.1) is 0 Å². The van der Waals surface area contributed by atoms with Crippen LogP contribution in [0, 0.1) is 0 Å². The van der Waals surface area contributed by atoms with E-state index in [1.165, 1.54) is 0 Å². The molecule has 2 aromatic rings. The molecule has 0 amide bonds. The Kier molecular flexibility index (Phi) is 3.01. The van der Waals surface area contributed by atoms with Gasteiger partial charge in [0.05, 0.1) is 5.69 Å². The maximum atomic E-state index is 10.1. The molecule has 1 aliphatic rings. The van der Waals surface area contributed by atoms with Gasteiger partial charge in [0.1, 0.15) is 11.5 Å². The van der Waals surface area contributed by atoms with Gasteiger partial charge >= 0.3 is 0 Å². The molecular formula is C16H17NO3. The topological polar surface area (TPSA) is 66.5 Å². The second-order valence-electron chi connectivity index (χ2n) is 5.35. The first-order valence-electron chi connectivity index (χ1n) is 6.78. The van der Waals surface area contributed by atoms with Gasteiger partial charge in [-0.1, -0.05) is 19.9 Å². The van der Waals surface area contributed by atoms with Crippen molar-refractivity contribution in [3.63, 3.8) is 0 Å². The summed E-state index contributed by atoms with van der Waals surface area (Å²) in [5.41, 5.74) is 2.06. The number of aromatic nitrogens is 1. The smallest absolute Gasteiger partial charge is 0.227 e. The molecule has 1 aromatic heterocycles. The van der Waals surface area contributed by atoms with Crippen LogP contribution in [0.4, 0.5) is 0 Å². The zero-order chi connectivity index (χ0) is 14.3. The minimum Gasteiger partial charge on any atom is -0.507 e. The highest BCUT2D eigenvalue weighted by atomic mass is 16.4. The minimum absolute atomic E-state index is 0.0461. The van der Waals surface area contributed by atoms with Crippen LogP contribution in [0.15, 0.2) is 22.6 Å². The van der Waals surface area contributed by atoms with E-state index in [2.05, 4.69) is 4.98 Å². The number of allylic oxidation sites excluding steroid dienone is 1. The van der Waals surface area contributed by atoms with E-state index in [1.54, 1.807) is 12.1 Å². The van der Waals surface area contributed by atoms with Crippen LogP contribution in [0.5, 0.6) is 11.5 Å². The summed E-state index contributed by atoms with van der Waals surface area (Å²) in [5, 5.41) is 20.1. The van der Waals surface area contributed by atoms with Gasteiger partial charge in [-0.3, -0.25) is 0 Å². The van der Waals surface area contributed by atoms with Gasteiger partial charge in [0.15, 0.2) is 5.76 Å². The zero-order valence-electron chi connectivity index (χ0n) is 11.6. The average Bonchev–Trinajstić information content (AvgIpc) is 2.81. The third kappa shape index (κ3) is 2.07. The third-order valence-corrected chi connectivity index (χ3v) is 3.51. The molecule has 1 heterocycles. The number of oxazole rings is 1. The van der Waals surface area contributed by atoms with E-state index in [0.717, 1.165) is 24.3 Å². The van der Waals surface area contributed by atoms with Crippen molar-refractivity contribution in [3.05, 3.63) is 35.2 Å². The van der Waals surface area contributed by atoms with Crippen LogP contribution in [-0.4, -0.2) is 15.2 Å². The zero-order valence-corrected chi connectivity index (χ0v) is 11.6. The number of rotatable bonds is 2. The predicted molar refractivity (Wildman–Crippen MR) is 76.7 cm³/mol. The number of aryl methyl sites for hydroxylation is 1. The summed E-state index contributed by atoms with van der Waals surface area (Å²) in [7, 11) is 0. The van der Waals surface area contributed by atoms with Crippen LogP contribution in [-0.2, 0) is 6.42 Å². The normalized spacial score (nSPS) is 13.8. The van der Waals surface area contributed by atoms with Crippen molar-refractivity contribution in [1.29, 1.82) is 0 Å². The molecule has 0 saturated carbocycles. The maximum absolute atomic E-state index is 10.1. The Hall–Kier alpha value is -2.23. The molecule has 20 heavy (non-hydrogen) atoms. The molecule has 104 valence electrons. The third-order valence-electron chi connectivity index (χ3n) is 3.51. The first-order valence-corrected chi connectivity index (χ1v) is 6.78. The van der Waals surface area contributed by atoms with Crippen molar-refractivity contribution in [3.8, 4) is 23.0 Å². The number of aromatic hydroxyl groups is 2. The van der Waals surface area contributed by atoms with Crippen molar-refractivity contribution in [2.24, 2.45) is 0 Å². The number of hydrogen-bond donors (Lipinski definition) is 2. The van der Waals surface area contributed by atoms with E-state index in [0.29, 0.717) is 17.0 Å². The van der Waals surface area contributed by atoms with Gasteiger partial charge in [-0.2, -0.15) is 0 Å². The molecule has 1 aliphatic carbocycles. The Labute approximate surface area is 117 Å². The number of phenols is 2. The van der Waals surface area contributed by atoms with Crippen LogP contribution in [0.3, 0.4) is 0 Å². The Balaban J connectivity index is 2.07. The summed E-state index contributed by atoms with van der Waals surface area (Å²) in [6.07, 6.45) is 5.78. The molecule has 0 saturated heterocycles. The SMILES string of the molecule is CC(C)c1c(O)cc(-c2nc3c(o2)C=CCC3)cc1O. The van der Waals surface area contributed by atoms with Crippen LogP contribution in [0.25, 0.3) is 17.5 Å². The van der Waals surface area contributed by atoms with E-state index >= 15 is 0 Å². The van der Waals surface area contributed by atoms with Gasteiger partial charge in [-0.05, 0) is 37.0 Å². The summed E-state index contributed by atoms with van der Waals surface area (Å²) >= 11 is 0. The van der Waals surface area contributed by atoms with Crippen LogP contribution in [0.2, 0.25) is 0 Å². The maximum Gasteiger partial charge on any atom is 0.227 e. The summed E-state index contributed by atoms with van der Waals surface area (Å²) in [5.74, 6) is 1.38. The van der Waals surface area contributed by atoms with Crippen molar-refractivity contribution in [1.82, 2.24) is 4.98 Å². The predicted octanol–water partition coefficient (Wildman–Crippen LogP) is 3.84. The van der Waals surface area contributed by atoms with Gasteiger partial charge in [0.2, 0.25) is 5.89 Å². The lowest BCUT2D eigenvalue weighted by molar-refractivity contribution is 0.433. The lowest BCUT2D eigenvalue weighted by Gasteiger charge is -2.11. The van der Waals surface area contributed by atoms with Gasteiger partial charge in [-0.25, -0.2) is 4.98 Å². The van der Waals surface area contributed by atoms with Gasteiger partial charge in [0.25, 0.3) is 0 Å². The standard InChI is InChI=1S/C16H17NO3/c1-9(2)15-12(18)7-10(8-13(15)19)16-17-11-5-3-4-6-14(11)20-16/h4,6-9,18-19H,3,5H2,1-2H3. The van der Waals surface area contributed by atoms with E-state index in [9.17, 15) is 10.2 Å². The van der Waals surface area contributed by atoms with E-state index in [4.69, 9.17) is 4.42 Å². The van der Waals surface area contributed by atoms with Crippen molar-refractivity contribution < 1.29 is 14.6 Å². The second-order valence-corrected chi connectivity index (χ2v) is 5.35. The fraction of sp³-hybridized carbons (Fsp3) is 0.312. The quantitative estimate of drug-likeness (QED) is 0.871. The number of phenolic OH excluding ortho intramolecular Hbond substituents is 2. The van der Waals surface area contributed by atoms with Crippen molar-refractivity contribution >= 4 is 6.08 Å². The molecule has 0 atom stereocenters. The lowest BCUT2D eigenvalue weighted by Crippen LogP contribution is -1.92. The fourth-order valence-electron chi connectivity index (χ4n) is 2.54. The number of nitrogens with zero attached hydrogens (tertiary/aromatic N) is 1. The highest BCUT2D eigenvalue weighted by molar-refractivity contribution is 5.64. The fourth-order valence-corrected chi connectivity index (χ4v) is 2.54. The van der Waals surface area contributed by atoms with Crippen LogP contribution < -0.4 is 0 Å². The lowest BCUT2D eigenvalue weighted by atomic mass is 9.99. The molecule has 0 spiro atoms. The van der Waals surface area contributed by atoms with E-state index in [-0.39, 0.29) is 17.4 Å². The Morgan fingerprint density at radius 3 is 2.50 bits per heavy atom. The minimum atomic E-state index is 0.0461. The first kappa shape index (κ1) is 12.8. The molecule has 4 heteroatoms. The average molecular weight is 271 g/mol. The number of hydrogen-bond acceptors (Lipinski definition) is 4. The van der Waals surface area contributed by atoms with Crippen LogP contribution >= 0.6 is 0 Å². The van der Waals surface area contributed by atoms with Crippen molar-refractivity contribution in [2.45, 2.75) is 32.6 Å². The molecule has 0 aliphatic heterocycles. The number of fused-ring (bicyclic) bond motifs is 1. The molecule has 4 nitrogen and oxygen atoms in total. The monoisotopic (exact) mass is 271 g/mol. The Bertz CT molecular complexity index is 660. The molecular weight excluding hydrogens is 254 g/mol. The molecule has 0 fully saturated rings. The molecule has 0 unspecified atom stereocenters.